The van der Waals surface area contributed by atoms with Gasteiger partial charge >= 0.3 is 0 Å². The van der Waals surface area contributed by atoms with Crippen molar-refractivity contribution in [3.05, 3.63) is 47.4 Å². The maximum Gasteiger partial charge on any atom is 0.222 e. The molecular weight excluding hydrogens is 321 g/mol. The Morgan fingerprint density at radius 3 is 2.61 bits per heavy atom. The molecule has 23 heavy (non-hydrogen) atoms. The monoisotopic (exact) mass is 339 g/mol. The van der Waals surface area contributed by atoms with E-state index in [4.69, 9.17) is 10.3 Å². The minimum atomic E-state index is -3.53. The number of nitrogens with two attached hydrogens (primary N) is 1. The molecule has 124 valence electrons. The van der Waals surface area contributed by atoms with Crippen LogP contribution in [0.1, 0.15) is 30.0 Å². The van der Waals surface area contributed by atoms with Crippen LogP contribution in [0.25, 0.3) is 0 Å². The second-order valence-electron chi connectivity index (χ2n) is 5.68. The quantitative estimate of drug-likeness (QED) is 0.921. The molecule has 1 aromatic heterocycles. The van der Waals surface area contributed by atoms with E-state index in [-0.39, 0.29) is 23.1 Å². The molecule has 0 saturated carbocycles. The highest BCUT2D eigenvalue weighted by Crippen LogP contribution is 2.30. The SMILES string of the molecule is Nc1cc(C2CCN(S(=O)(=O)Cc3ccccc3F)CC2)no1. The number of hydrogen-bond donors (Lipinski definition) is 1. The summed E-state index contributed by atoms with van der Waals surface area (Å²) in [6.45, 7) is 0.766. The molecule has 6 nitrogen and oxygen atoms in total. The number of halogens is 1. The van der Waals surface area contributed by atoms with Crippen molar-refractivity contribution in [2.75, 3.05) is 18.8 Å². The highest BCUT2D eigenvalue weighted by atomic mass is 32.2. The Bertz CT molecular complexity index is 783. The van der Waals surface area contributed by atoms with Crippen LogP contribution in [0, 0.1) is 5.82 Å². The van der Waals surface area contributed by atoms with Gasteiger partial charge in [-0.15, -0.1) is 0 Å². The van der Waals surface area contributed by atoms with E-state index < -0.39 is 15.8 Å². The molecule has 8 heteroatoms. The van der Waals surface area contributed by atoms with E-state index in [2.05, 4.69) is 5.16 Å². The predicted octanol–water partition coefficient (Wildman–Crippen LogP) is 2.11. The maximum absolute atomic E-state index is 13.7. The number of aromatic nitrogens is 1. The highest BCUT2D eigenvalue weighted by molar-refractivity contribution is 7.88. The van der Waals surface area contributed by atoms with E-state index in [1.807, 2.05) is 0 Å². The lowest BCUT2D eigenvalue weighted by Crippen LogP contribution is -2.38. The van der Waals surface area contributed by atoms with Gasteiger partial charge in [0.1, 0.15) is 5.82 Å². The van der Waals surface area contributed by atoms with E-state index in [1.165, 1.54) is 16.4 Å². The molecule has 0 amide bonds. The Hall–Kier alpha value is -1.93. The molecule has 1 aliphatic heterocycles. The van der Waals surface area contributed by atoms with Gasteiger partial charge in [0.05, 0.1) is 11.4 Å². The molecule has 1 aliphatic rings. The molecule has 0 atom stereocenters. The number of sulfonamides is 1. The van der Waals surface area contributed by atoms with Gasteiger partial charge in [0.25, 0.3) is 0 Å². The first-order valence-electron chi connectivity index (χ1n) is 7.39. The van der Waals surface area contributed by atoms with E-state index >= 15 is 0 Å². The van der Waals surface area contributed by atoms with E-state index in [9.17, 15) is 12.8 Å². The number of hydrogen-bond acceptors (Lipinski definition) is 5. The third-order valence-corrected chi connectivity index (χ3v) is 5.94. The Morgan fingerprint density at radius 1 is 1.30 bits per heavy atom. The molecule has 0 aliphatic carbocycles. The Kier molecular flexibility index (Phi) is 4.36. The topological polar surface area (TPSA) is 89.4 Å². The highest BCUT2D eigenvalue weighted by Gasteiger charge is 2.30. The summed E-state index contributed by atoms with van der Waals surface area (Å²) in [5.41, 5.74) is 6.46. The Balaban J connectivity index is 1.65. The summed E-state index contributed by atoms with van der Waals surface area (Å²) < 4.78 is 44.9. The number of rotatable bonds is 4. The van der Waals surface area contributed by atoms with Crippen molar-refractivity contribution in [1.29, 1.82) is 0 Å². The summed E-state index contributed by atoms with van der Waals surface area (Å²) in [6, 6.07) is 7.62. The van der Waals surface area contributed by atoms with Gasteiger partial charge in [0.15, 0.2) is 0 Å². The predicted molar refractivity (Wildman–Crippen MR) is 83.5 cm³/mol. The summed E-state index contributed by atoms with van der Waals surface area (Å²) in [5.74, 6) is -0.420. The van der Waals surface area contributed by atoms with Crippen LogP contribution in [0.3, 0.4) is 0 Å². The van der Waals surface area contributed by atoms with E-state index in [0.29, 0.717) is 25.9 Å². The molecule has 1 fully saturated rings. The average Bonchev–Trinajstić information content (AvgIpc) is 2.96. The van der Waals surface area contributed by atoms with Gasteiger partial charge < -0.3 is 10.3 Å². The number of nitrogens with zero attached hydrogens (tertiary/aromatic N) is 2. The second kappa shape index (κ2) is 6.29. The fourth-order valence-electron chi connectivity index (χ4n) is 2.83. The van der Waals surface area contributed by atoms with Crippen LogP contribution in [-0.2, 0) is 15.8 Å². The largest absolute Gasteiger partial charge is 0.368 e. The van der Waals surface area contributed by atoms with Crippen LogP contribution in [0.2, 0.25) is 0 Å². The molecule has 1 saturated heterocycles. The minimum Gasteiger partial charge on any atom is -0.368 e. The Labute approximate surface area is 134 Å². The third-order valence-electron chi connectivity index (χ3n) is 4.11. The standard InChI is InChI=1S/C15H18FN3O3S/c16-13-4-2-1-3-12(13)10-23(20,21)19-7-5-11(6-8-19)14-9-15(17)22-18-14/h1-4,9,11H,5-8,10,17H2. The summed E-state index contributed by atoms with van der Waals surface area (Å²) in [4.78, 5) is 0. The second-order valence-corrected chi connectivity index (χ2v) is 7.64. The van der Waals surface area contributed by atoms with Crippen molar-refractivity contribution in [1.82, 2.24) is 9.46 Å². The van der Waals surface area contributed by atoms with Crippen LogP contribution >= 0.6 is 0 Å². The van der Waals surface area contributed by atoms with Crippen LogP contribution in [-0.4, -0.2) is 31.0 Å². The first kappa shape index (κ1) is 15.9. The summed E-state index contributed by atoms with van der Waals surface area (Å²) in [6.07, 6.45) is 1.28. The molecule has 2 heterocycles. The molecule has 0 bridgehead atoms. The molecule has 2 N–H and O–H groups in total. The summed E-state index contributed by atoms with van der Waals surface area (Å²) in [5, 5.41) is 3.89. The zero-order chi connectivity index (χ0) is 16.4. The lowest BCUT2D eigenvalue weighted by Gasteiger charge is -2.30. The first-order valence-corrected chi connectivity index (χ1v) is 9.00. The van der Waals surface area contributed by atoms with E-state index in [1.54, 1.807) is 18.2 Å². The lowest BCUT2D eigenvalue weighted by molar-refractivity contribution is 0.308. The van der Waals surface area contributed by atoms with Crippen molar-refractivity contribution < 1.29 is 17.3 Å². The number of benzene rings is 1. The van der Waals surface area contributed by atoms with Gasteiger partial charge in [0, 0.05) is 30.6 Å². The zero-order valence-corrected chi connectivity index (χ0v) is 13.3. The molecular formula is C15H18FN3O3S. The van der Waals surface area contributed by atoms with Crippen LogP contribution in [0.15, 0.2) is 34.9 Å². The molecule has 0 spiro atoms. The van der Waals surface area contributed by atoms with Gasteiger partial charge in [-0.25, -0.2) is 17.1 Å². The first-order chi connectivity index (χ1) is 11.0. The number of anilines is 1. The number of piperidine rings is 1. The van der Waals surface area contributed by atoms with Gasteiger partial charge in [-0.05, 0) is 18.9 Å². The number of nitrogen functional groups attached to an aromatic ring is 1. The van der Waals surface area contributed by atoms with Gasteiger partial charge in [-0.1, -0.05) is 23.4 Å². The molecule has 3 rings (SSSR count). The maximum atomic E-state index is 13.7. The van der Waals surface area contributed by atoms with Gasteiger partial charge in [0.2, 0.25) is 15.9 Å². The molecule has 2 aromatic rings. The van der Waals surface area contributed by atoms with Gasteiger partial charge in [-0.2, -0.15) is 0 Å². The minimum absolute atomic E-state index is 0.135. The van der Waals surface area contributed by atoms with Crippen LogP contribution in [0.4, 0.5) is 10.3 Å². The normalized spacial score (nSPS) is 17.4. The van der Waals surface area contributed by atoms with Crippen LogP contribution < -0.4 is 5.73 Å². The fourth-order valence-corrected chi connectivity index (χ4v) is 4.41. The smallest absolute Gasteiger partial charge is 0.222 e. The summed E-state index contributed by atoms with van der Waals surface area (Å²) in [7, 11) is -3.53. The van der Waals surface area contributed by atoms with Crippen molar-refractivity contribution in [3.8, 4) is 0 Å². The van der Waals surface area contributed by atoms with Crippen molar-refractivity contribution in [3.63, 3.8) is 0 Å². The van der Waals surface area contributed by atoms with Crippen molar-refractivity contribution in [2.45, 2.75) is 24.5 Å². The van der Waals surface area contributed by atoms with E-state index in [0.717, 1.165) is 5.69 Å². The molecule has 1 aromatic carbocycles. The van der Waals surface area contributed by atoms with Crippen LogP contribution in [0.5, 0.6) is 0 Å². The molecule has 0 unspecified atom stereocenters. The Morgan fingerprint density at radius 2 is 2.00 bits per heavy atom. The zero-order valence-electron chi connectivity index (χ0n) is 12.5. The summed E-state index contributed by atoms with van der Waals surface area (Å²) >= 11 is 0. The van der Waals surface area contributed by atoms with Crippen molar-refractivity contribution >= 4 is 15.9 Å². The van der Waals surface area contributed by atoms with Gasteiger partial charge in [-0.3, -0.25) is 0 Å². The van der Waals surface area contributed by atoms with Crippen molar-refractivity contribution in [2.24, 2.45) is 0 Å². The molecule has 0 radical (unpaired) electrons. The average molecular weight is 339 g/mol. The lowest BCUT2D eigenvalue weighted by atomic mass is 9.95. The fraction of sp³-hybridized carbons (Fsp3) is 0.400. The third kappa shape index (κ3) is 3.53.